The molecule has 7 rings (SSSR count). The van der Waals surface area contributed by atoms with Crippen LogP contribution in [0, 0.1) is 0 Å². The molecule has 3 atom stereocenters. The lowest BCUT2D eigenvalue weighted by Crippen LogP contribution is -2.72. The zero-order chi connectivity index (χ0) is 21.5. The fourth-order valence-corrected chi connectivity index (χ4v) is 4.95. The number of hydrogen-bond donors (Lipinski definition) is 1. The number of rotatable bonds is 4. The molecule has 0 radical (unpaired) electrons. The number of ether oxygens (including phenoxy) is 2. The zero-order valence-electron chi connectivity index (χ0n) is 17.6. The van der Waals surface area contributed by atoms with Gasteiger partial charge >= 0.3 is 0 Å². The van der Waals surface area contributed by atoms with Gasteiger partial charge in [-0.25, -0.2) is 0 Å². The summed E-state index contributed by atoms with van der Waals surface area (Å²) in [6.45, 7) is 1.64. The van der Waals surface area contributed by atoms with Crippen LogP contribution in [0.15, 0.2) is 72.8 Å². The molecule has 1 N–H and O–H groups in total. The summed E-state index contributed by atoms with van der Waals surface area (Å²) in [5.41, 5.74) is 4.38. The molecule has 5 heteroatoms. The Bertz CT molecular complexity index is 1160. The standard InChI is InChI=1S/C27H24N2O3/c30-27(21-12-13-24-25(14-21)32-17-31-24)29-15-22-26(23(16-29)28-22)20-10-8-19(9-11-20)7-6-18-4-2-1-3-5-18/h1-14,22-23,26,28H,15-17H2/b7-6+/t22-,23+,26?. The van der Waals surface area contributed by atoms with E-state index in [2.05, 4.69) is 53.9 Å². The van der Waals surface area contributed by atoms with E-state index in [4.69, 9.17) is 9.47 Å². The van der Waals surface area contributed by atoms with Crippen molar-refractivity contribution in [2.24, 2.45) is 0 Å². The zero-order valence-corrected chi connectivity index (χ0v) is 17.6. The summed E-state index contributed by atoms with van der Waals surface area (Å²) in [6, 6.07) is 25.1. The van der Waals surface area contributed by atoms with Gasteiger partial charge in [-0.2, -0.15) is 0 Å². The van der Waals surface area contributed by atoms with Crippen molar-refractivity contribution in [3.8, 4) is 11.5 Å². The van der Waals surface area contributed by atoms with E-state index in [1.165, 1.54) is 16.7 Å². The molecule has 0 spiro atoms. The van der Waals surface area contributed by atoms with Gasteiger partial charge in [-0.3, -0.25) is 4.79 Å². The summed E-state index contributed by atoms with van der Waals surface area (Å²) < 4.78 is 10.8. The number of nitrogens with zero attached hydrogens (tertiary/aromatic N) is 1. The summed E-state index contributed by atoms with van der Waals surface area (Å²) in [7, 11) is 0. The minimum Gasteiger partial charge on any atom is -0.454 e. The minimum atomic E-state index is 0.0552. The lowest BCUT2D eigenvalue weighted by molar-refractivity contribution is 0.0367. The Hall–Kier alpha value is -3.57. The Balaban J connectivity index is 1.11. The molecule has 0 aliphatic carbocycles. The van der Waals surface area contributed by atoms with Crippen LogP contribution < -0.4 is 14.8 Å². The SMILES string of the molecule is O=C(c1ccc2c(c1)OCO2)N1C[C@@H]2N[C@H](C1)C2c1ccc(/C=C/c2ccccc2)cc1. The molecule has 3 aromatic rings. The summed E-state index contributed by atoms with van der Waals surface area (Å²) in [6.07, 6.45) is 4.28. The maximum absolute atomic E-state index is 13.0. The van der Waals surface area contributed by atoms with E-state index < -0.39 is 0 Å². The fourth-order valence-electron chi connectivity index (χ4n) is 4.95. The van der Waals surface area contributed by atoms with Crippen molar-refractivity contribution in [3.05, 3.63) is 95.1 Å². The highest BCUT2D eigenvalue weighted by molar-refractivity contribution is 5.95. The fraction of sp³-hybridized carbons (Fsp3) is 0.222. The normalized spacial score (nSPS) is 23.2. The average molecular weight is 425 g/mol. The maximum atomic E-state index is 13.0. The predicted molar refractivity (Wildman–Crippen MR) is 124 cm³/mol. The van der Waals surface area contributed by atoms with Gasteiger partial charge in [-0.15, -0.1) is 0 Å². The van der Waals surface area contributed by atoms with Crippen molar-refractivity contribution in [1.82, 2.24) is 10.2 Å². The molecule has 1 unspecified atom stereocenters. The first-order chi connectivity index (χ1) is 15.7. The molecule has 5 nitrogen and oxygen atoms in total. The number of carbonyl (C=O) groups excluding carboxylic acids is 1. The quantitative estimate of drug-likeness (QED) is 0.639. The van der Waals surface area contributed by atoms with Crippen molar-refractivity contribution in [2.75, 3.05) is 19.9 Å². The highest BCUT2D eigenvalue weighted by atomic mass is 16.7. The molecule has 1 amide bonds. The van der Waals surface area contributed by atoms with E-state index in [9.17, 15) is 4.79 Å². The first-order valence-electron chi connectivity index (χ1n) is 11.0. The van der Waals surface area contributed by atoms with E-state index in [1.54, 1.807) is 6.07 Å². The molecule has 4 aliphatic rings. The number of fused-ring (bicyclic) bond motifs is 3. The van der Waals surface area contributed by atoms with Crippen LogP contribution in [0.2, 0.25) is 0 Å². The molecule has 3 saturated heterocycles. The molecule has 0 aromatic heterocycles. The van der Waals surface area contributed by atoms with Gasteiger partial charge in [0.1, 0.15) is 0 Å². The maximum Gasteiger partial charge on any atom is 0.254 e. The monoisotopic (exact) mass is 424 g/mol. The first-order valence-corrected chi connectivity index (χ1v) is 11.0. The largest absolute Gasteiger partial charge is 0.454 e. The van der Waals surface area contributed by atoms with E-state index in [0.717, 1.165) is 0 Å². The van der Waals surface area contributed by atoms with Crippen LogP contribution in [0.4, 0.5) is 0 Å². The number of hydrogen-bond acceptors (Lipinski definition) is 4. The van der Waals surface area contributed by atoms with Gasteiger partial charge in [0.25, 0.3) is 5.91 Å². The van der Waals surface area contributed by atoms with E-state index in [1.807, 2.05) is 35.2 Å². The summed E-state index contributed by atoms with van der Waals surface area (Å²) in [4.78, 5) is 15.0. The van der Waals surface area contributed by atoms with Crippen LogP contribution in [-0.2, 0) is 0 Å². The molecule has 160 valence electrons. The molecule has 2 bridgehead atoms. The molecule has 4 aliphatic heterocycles. The van der Waals surface area contributed by atoms with Crippen LogP contribution in [0.25, 0.3) is 12.2 Å². The smallest absolute Gasteiger partial charge is 0.254 e. The third-order valence-corrected chi connectivity index (χ3v) is 6.63. The van der Waals surface area contributed by atoms with Gasteiger partial charge < -0.3 is 19.7 Å². The third-order valence-electron chi connectivity index (χ3n) is 6.63. The molecular weight excluding hydrogens is 400 g/mol. The van der Waals surface area contributed by atoms with Gasteiger partial charge in [0.15, 0.2) is 11.5 Å². The van der Waals surface area contributed by atoms with E-state index in [-0.39, 0.29) is 24.8 Å². The third kappa shape index (κ3) is 3.45. The van der Waals surface area contributed by atoms with Crippen LogP contribution in [0.5, 0.6) is 11.5 Å². The average Bonchev–Trinajstić information content (AvgIpc) is 3.32. The van der Waals surface area contributed by atoms with Gasteiger partial charge in [0, 0.05) is 36.7 Å². The Morgan fingerprint density at radius 3 is 2.28 bits per heavy atom. The van der Waals surface area contributed by atoms with Gasteiger partial charge in [-0.05, 0) is 34.9 Å². The Morgan fingerprint density at radius 2 is 1.53 bits per heavy atom. The molecule has 3 fully saturated rings. The summed E-state index contributed by atoms with van der Waals surface area (Å²) in [5.74, 6) is 1.85. The molecule has 3 aromatic carbocycles. The lowest BCUT2D eigenvalue weighted by atomic mass is 9.74. The Morgan fingerprint density at radius 1 is 0.844 bits per heavy atom. The number of carbonyl (C=O) groups is 1. The van der Waals surface area contributed by atoms with Crippen molar-refractivity contribution in [1.29, 1.82) is 0 Å². The van der Waals surface area contributed by atoms with Crippen molar-refractivity contribution in [3.63, 3.8) is 0 Å². The molecule has 4 heterocycles. The Kier molecular flexibility index (Phi) is 4.69. The number of benzene rings is 3. The van der Waals surface area contributed by atoms with E-state index >= 15 is 0 Å². The van der Waals surface area contributed by atoms with Crippen molar-refractivity contribution >= 4 is 18.1 Å². The second kappa shape index (κ2) is 7.84. The predicted octanol–water partition coefficient (Wildman–Crippen LogP) is 4.17. The number of piperazine rings is 1. The van der Waals surface area contributed by atoms with Crippen LogP contribution in [0.1, 0.15) is 33.0 Å². The number of nitrogens with one attached hydrogen (secondary N) is 1. The van der Waals surface area contributed by atoms with Gasteiger partial charge in [0.05, 0.1) is 0 Å². The van der Waals surface area contributed by atoms with Crippen LogP contribution in [-0.4, -0.2) is 42.8 Å². The van der Waals surface area contributed by atoms with Gasteiger partial charge in [0.2, 0.25) is 6.79 Å². The Labute approximate surface area is 187 Å². The first kappa shape index (κ1) is 19.1. The highest BCUT2D eigenvalue weighted by Crippen LogP contribution is 2.38. The van der Waals surface area contributed by atoms with Crippen molar-refractivity contribution < 1.29 is 14.3 Å². The number of piperidine rings is 1. The van der Waals surface area contributed by atoms with E-state index in [0.29, 0.717) is 36.1 Å². The minimum absolute atomic E-state index is 0.0552. The summed E-state index contributed by atoms with van der Waals surface area (Å²) in [5, 5.41) is 3.61. The van der Waals surface area contributed by atoms with Crippen LogP contribution in [0.3, 0.4) is 0 Å². The topological polar surface area (TPSA) is 50.8 Å². The van der Waals surface area contributed by atoms with Crippen molar-refractivity contribution in [2.45, 2.75) is 18.0 Å². The van der Waals surface area contributed by atoms with Crippen LogP contribution >= 0.6 is 0 Å². The highest BCUT2D eigenvalue weighted by Gasteiger charge is 2.48. The molecule has 0 saturated carbocycles. The second-order valence-electron chi connectivity index (χ2n) is 8.59. The van der Waals surface area contributed by atoms with Gasteiger partial charge in [-0.1, -0.05) is 66.7 Å². The summed E-state index contributed by atoms with van der Waals surface area (Å²) >= 11 is 0. The lowest BCUT2D eigenvalue weighted by Gasteiger charge is -2.54. The molecular formula is C27H24N2O3. The molecule has 32 heavy (non-hydrogen) atoms. The second-order valence-corrected chi connectivity index (χ2v) is 8.59. The number of amides is 1.